The first-order valence-corrected chi connectivity index (χ1v) is 8.17. The van der Waals surface area contributed by atoms with Crippen molar-refractivity contribution in [1.29, 1.82) is 0 Å². The molecule has 0 radical (unpaired) electrons. The van der Waals surface area contributed by atoms with E-state index in [1.54, 1.807) is 19.3 Å². The monoisotopic (exact) mass is 352 g/mol. The Kier molecular flexibility index (Phi) is 5.31. The van der Waals surface area contributed by atoms with E-state index in [2.05, 4.69) is 10.3 Å². The summed E-state index contributed by atoms with van der Waals surface area (Å²) >= 11 is 5.99. The maximum atomic E-state index is 12.0. The molecular formula is C20H17ClN2O2. The Morgan fingerprint density at radius 1 is 1.20 bits per heavy atom. The van der Waals surface area contributed by atoms with Gasteiger partial charge < -0.3 is 10.1 Å². The van der Waals surface area contributed by atoms with E-state index in [4.69, 9.17) is 16.3 Å². The number of nitrogens with one attached hydrogen (secondary N) is 1. The minimum Gasteiger partial charge on any atom is -0.496 e. The van der Waals surface area contributed by atoms with E-state index in [9.17, 15) is 4.79 Å². The average Bonchev–Trinajstić information content (AvgIpc) is 2.64. The third-order valence-corrected chi connectivity index (χ3v) is 3.96. The number of halogens is 1. The number of rotatable bonds is 5. The topological polar surface area (TPSA) is 51.2 Å². The summed E-state index contributed by atoms with van der Waals surface area (Å²) in [6.07, 6.45) is 3.14. The van der Waals surface area contributed by atoms with Crippen molar-refractivity contribution in [3.05, 3.63) is 77.0 Å². The lowest BCUT2D eigenvalue weighted by molar-refractivity contribution is -0.116. The summed E-state index contributed by atoms with van der Waals surface area (Å²) in [4.78, 5) is 16.5. The van der Waals surface area contributed by atoms with Crippen molar-refractivity contribution in [2.75, 3.05) is 7.11 Å². The summed E-state index contributed by atoms with van der Waals surface area (Å²) in [7, 11) is 1.61. The van der Waals surface area contributed by atoms with Crippen molar-refractivity contribution in [2.45, 2.75) is 6.54 Å². The highest BCUT2D eigenvalue weighted by molar-refractivity contribution is 6.31. The molecular weight excluding hydrogens is 336 g/mol. The van der Waals surface area contributed by atoms with Crippen molar-refractivity contribution in [2.24, 2.45) is 0 Å². The van der Waals surface area contributed by atoms with E-state index in [-0.39, 0.29) is 5.91 Å². The molecule has 0 saturated heterocycles. The third-order valence-electron chi connectivity index (χ3n) is 3.73. The van der Waals surface area contributed by atoms with Gasteiger partial charge in [0.25, 0.3) is 0 Å². The Labute approximate surface area is 151 Å². The number of methoxy groups -OCH3 is 1. The maximum Gasteiger partial charge on any atom is 0.244 e. The van der Waals surface area contributed by atoms with Crippen molar-refractivity contribution >= 4 is 34.5 Å². The van der Waals surface area contributed by atoms with Gasteiger partial charge in [-0.25, -0.2) is 4.98 Å². The lowest BCUT2D eigenvalue weighted by atomic mass is 10.2. The first-order valence-electron chi connectivity index (χ1n) is 7.80. The highest BCUT2D eigenvalue weighted by Gasteiger charge is 2.03. The molecule has 126 valence electrons. The number of benzene rings is 2. The van der Waals surface area contributed by atoms with Gasteiger partial charge in [-0.3, -0.25) is 4.79 Å². The standard InChI is InChI=1S/C20H17ClN2O2/c1-25-19-5-3-2-4-15(19)13-22-20(24)11-10-17-9-7-14-6-8-16(21)12-18(14)23-17/h2-12H,13H2,1H3,(H,22,24). The van der Waals surface area contributed by atoms with Crippen LogP contribution in [0.5, 0.6) is 5.75 Å². The zero-order valence-corrected chi connectivity index (χ0v) is 14.5. The maximum absolute atomic E-state index is 12.0. The molecule has 2 aromatic carbocycles. The largest absolute Gasteiger partial charge is 0.496 e. The van der Waals surface area contributed by atoms with Crippen LogP contribution in [0, 0.1) is 0 Å². The van der Waals surface area contributed by atoms with Crippen molar-refractivity contribution in [3.63, 3.8) is 0 Å². The van der Waals surface area contributed by atoms with E-state index >= 15 is 0 Å². The van der Waals surface area contributed by atoms with Gasteiger partial charge in [0.05, 0.1) is 18.3 Å². The number of amides is 1. The molecule has 0 saturated carbocycles. The predicted molar refractivity (Wildman–Crippen MR) is 101 cm³/mol. The van der Waals surface area contributed by atoms with Crippen molar-refractivity contribution < 1.29 is 9.53 Å². The number of pyridine rings is 1. The van der Waals surface area contributed by atoms with Crippen LogP contribution in [0.1, 0.15) is 11.3 Å². The molecule has 3 rings (SSSR count). The quantitative estimate of drug-likeness (QED) is 0.699. The summed E-state index contributed by atoms with van der Waals surface area (Å²) in [5.41, 5.74) is 2.41. The number of aromatic nitrogens is 1. The van der Waals surface area contributed by atoms with Gasteiger partial charge in [-0.1, -0.05) is 41.9 Å². The molecule has 0 bridgehead atoms. The highest BCUT2D eigenvalue weighted by Crippen LogP contribution is 2.18. The van der Waals surface area contributed by atoms with Crippen LogP contribution in [0.2, 0.25) is 5.02 Å². The molecule has 4 nitrogen and oxygen atoms in total. The number of para-hydroxylation sites is 1. The van der Waals surface area contributed by atoms with Crippen molar-refractivity contribution in [3.8, 4) is 5.75 Å². The van der Waals surface area contributed by atoms with Gasteiger partial charge in [0.2, 0.25) is 5.91 Å². The van der Waals surface area contributed by atoms with E-state index in [1.807, 2.05) is 48.5 Å². The Balaban J connectivity index is 1.66. The first-order chi connectivity index (χ1) is 12.2. The third kappa shape index (κ3) is 4.37. The Morgan fingerprint density at radius 3 is 2.84 bits per heavy atom. The number of ether oxygens (including phenoxy) is 1. The van der Waals surface area contributed by atoms with Crippen LogP contribution in [-0.2, 0) is 11.3 Å². The van der Waals surface area contributed by atoms with Gasteiger partial charge >= 0.3 is 0 Å². The van der Waals surface area contributed by atoms with Crippen LogP contribution < -0.4 is 10.1 Å². The molecule has 0 aliphatic heterocycles. The molecule has 0 aliphatic rings. The highest BCUT2D eigenvalue weighted by atomic mass is 35.5. The van der Waals surface area contributed by atoms with E-state index < -0.39 is 0 Å². The second-order valence-corrected chi connectivity index (χ2v) is 5.87. The molecule has 3 aromatic rings. The average molecular weight is 353 g/mol. The van der Waals surface area contributed by atoms with Gasteiger partial charge in [-0.2, -0.15) is 0 Å². The molecule has 0 unspecified atom stereocenters. The fraction of sp³-hybridized carbons (Fsp3) is 0.100. The van der Waals surface area contributed by atoms with Crippen LogP contribution in [0.25, 0.3) is 17.0 Å². The Bertz CT molecular complexity index is 938. The zero-order chi connectivity index (χ0) is 17.6. The zero-order valence-electron chi connectivity index (χ0n) is 13.7. The van der Waals surface area contributed by atoms with Gasteiger partial charge in [-0.15, -0.1) is 0 Å². The molecule has 0 atom stereocenters. The second kappa shape index (κ2) is 7.81. The smallest absolute Gasteiger partial charge is 0.244 e. The van der Waals surface area contributed by atoms with Crippen LogP contribution >= 0.6 is 11.6 Å². The van der Waals surface area contributed by atoms with Crippen LogP contribution in [0.3, 0.4) is 0 Å². The number of carbonyl (C=O) groups is 1. The normalized spacial score (nSPS) is 11.0. The minimum absolute atomic E-state index is 0.195. The summed E-state index contributed by atoms with van der Waals surface area (Å²) in [6.45, 7) is 0.397. The number of fused-ring (bicyclic) bond motifs is 1. The SMILES string of the molecule is COc1ccccc1CNC(=O)C=Cc1ccc2ccc(Cl)cc2n1. The molecule has 5 heteroatoms. The second-order valence-electron chi connectivity index (χ2n) is 5.44. The summed E-state index contributed by atoms with van der Waals surface area (Å²) < 4.78 is 5.27. The predicted octanol–water partition coefficient (Wildman–Crippen LogP) is 4.23. The minimum atomic E-state index is -0.195. The summed E-state index contributed by atoms with van der Waals surface area (Å²) in [5.74, 6) is 0.554. The van der Waals surface area contributed by atoms with Crippen LogP contribution in [0.15, 0.2) is 60.7 Å². The van der Waals surface area contributed by atoms with Gasteiger partial charge in [0, 0.05) is 28.6 Å². The van der Waals surface area contributed by atoms with Gasteiger partial charge in [-0.05, 0) is 30.3 Å². The number of hydrogen-bond acceptors (Lipinski definition) is 3. The molecule has 1 aromatic heterocycles. The lowest BCUT2D eigenvalue weighted by Crippen LogP contribution is -2.20. The lowest BCUT2D eigenvalue weighted by Gasteiger charge is -2.08. The van der Waals surface area contributed by atoms with E-state index in [0.717, 1.165) is 22.2 Å². The number of hydrogen-bond donors (Lipinski definition) is 1. The first kappa shape index (κ1) is 17.0. The number of nitrogens with zero attached hydrogens (tertiary/aromatic N) is 1. The molecule has 0 fully saturated rings. The van der Waals surface area contributed by atoms with Crippen LogP contribution in [-0.4, -0.2) is 18.0 Å². The number of carbonyl (C=O) groups excluding carboxylic acids is 1. The molecule has 0 aliphatic carbocycles. The molecule has 1 N–H and O–H groups in total. The van der Waals surface area contributed by atoms with E-state index in [0.29, 0.717) is 17.3 Å². The Morgan fingerprint density at radius 2 is 2.00 bits per heavy atom. The molecule has 25 heavy (non-hydrogen) atoms. The molecule has 1 amide bonds. The van der Waals surface area contributed by atoms with Crippen molar-refractivity contribution in [1.82, 2.24) is 10.3 Å². The summed E-state index contributed by atoms with van der Waals surface area (Å²) in [5, 5.41) is 4.47. The fourth-order valence-electron chi connectivity index (χ4n) is 2.45. The van der Waals surface area contributed by atoms with Crippen LogP contribution in [0.4, 0.5) is 0 Å². The van der Waals surface area contributed by atoms with Gasteiger partial charge in [0.1, 0.15) is 5.75 Å². The fourth-order valence-corrected chi connectivity index (χ4v) is 2.62. The molecule has 1 heterocycles. The van der Waals surface area contributed by atoms with E-state index in [1.165, 1.54) is 6.08 Å². The van der Waals surface area contributed by atoms with Gasteiger partial charge in [0.15, 0.2) is 0 Å². The molecule has 0 spiro atoms. The summed E-state index contributed by atoms with van der Waals surface area (Å²) in [6, 6.07) is 16.9. The Hall–Kier alpha value is -2.85.